The topological polar surface area (TPSA) is 54.0 Å². The van der Waals surface area contributed by atoms with Crippen LogP contribution in [0.5, 0.6) is 0 Å². The van der Waals surface area contributed by atoms with E-state index in [1.807, 2.05) is 13.8 Å². The normalized spacial score (nSPS) is 13.4. The van der Waals surface area contributed by atoms with E-state index in [-0.39, 0.29) is 18.8 Å². The minimum atomic E-state index is -0.402. The van der Waals surface area contributed by atoms with Gasteiger partial charge in [0, 0.05) is 5.57 Å². The maximum Gasteiger partial charge on any atom is 0.333 e. The van der Waals surface area contributed by atoms with Crippen molar-refractivity contribution in [2.45, 2.75) is 33.0 Å². The van der Waals surface area contributed by atoms with Crippen LogP contribution in [0.1, 0.15) is 20.8 Å². The van der Waals surface area contributed by atoms with Crippen molar-refractivity contribution in [3.8, 4) is 0 Å². The number of esters is 1. The van der Waals surface area contributed by atoms with Crippen molar-refractivity contribution in [1.29, 1.82) is 0 Å². The van der Waals surface area contributed by atoms with Gasteiger partial charge in [0.25, 0.3) is 0 Å². The monoisotopic (exact) mass is 272 g/mol. The molecule has 5 nitrogen and oxygen atoms in total. The van der Waals surface area contributed by atoms with Gasteiger partial charge in [-0.1, -0.05) is 13.2 Å². The zero-order valence-electron chi connectivity index (χ0n) is 12.0. The van der Waals surface area contributed by atoms with Crippen LogP contribution in [0, 0.1) is 0 Å². The summed E-state index contributed by atoms with van der Waals surface area (Å²) in [6.07, 6.45) is 1.11. The molecule has 0 saturated heterocycles. The molecule has 0 heterocycles. The number of hydrogen-bond acceptors (Lipinski definition) is 5. The molecule has 0 aliphatic rings. The van der Waals surface area contributed by atoms with Crippen LogP contribution in [0.25, 0.3) is 0 Å². The van der Waals surface area contributed by atoms with Crippen LogP contribution in [-0.4, -0.2) is 44.6 Å². The molecule has 5 heteroatoms. The summed E-state index contributed by atoms with van der Waals surface area (Å²) in [7, 11) is 0. The Kier molecular flexibility index (Phi) is 9.84. The minimum absolute atomic E-state index is 0.0812. The van der Waals surface area contributed by atoms with Gasteiger partial charge < -0.3 is 18.9 Å². The van der Waals surface area contributed by atoms with Crippen molar-refractivity contribution in [3.63, 3.8) is 0 Å². The quantitative estimate of drug-likeness (QED) is 0.249. The summed E-state index contributed by atoms with van der Waals surface area (Å²) in [5, 5.41) is 0. The molecule has 0 N–H and O–H groups in total. The summed E-state index contributed by atoms with van der Waals surface area (Å²) in [4.78, 5) is 11.2. The van der Waals surface area contributed by atoms with Gasteiger partial charge in [-0.3, -0.25) is 0 Å². The highest BCUT2D eigenvalue weighted by atomic mass is 16.6. The van der Waals surface area contributed by atoms with Crippen LogP contribution in [0.3, 0.4) is 0 Å². The summed E-state index contributed by atoms with van der Waals surface area (Å²) in [5.41, 5.74) is 0.380. The lowest BCUT2D eigenvalue weighted by atomic mass is 10.3. The van der Waals surface area contributed by atoms with Crippen molar-refractivity contribution >= 4 is 5.97 Å². The molecule has 0 amide bonds. The molecule has 19 heavy (non-hydrogen) atoms. The molecule has 0 spiro atoms. The Balaban J connectivity index is 3.62. The smallest absolute Gasteiger partial charge is 0.333 e. The Bertz CT molecular complexity index is 288. The molecule has 0 rings (SSSR count). The standard InChI is InChI=1S/C14H24O5/c1-6-16-7-8-17-9-12(4)19-13(5)10-18-14(15)11(2)3/h6,12-13H,1-2,7-10H2,3-5H3. The van der Waals surface area contributed by atoms with E-state index < -0.39 is 5.97 Å². The Hall–Kier alpha value is -1.33. The second-order valence-corrected chi connectivity index (χ2v) is 4.25. The lowest BCUT2D eigenvalue weighted by Gasteiger charge is -2.19. The lowest BCUT2D eigenvalue weighted by molar-refractivity contribution is -0.145. The van der Waals surface area contributed by atoms with Crippen LogP contribution >= 0.6 is 0 Å². The number of hydrogen-bond donors (Lipinski definition) is 0. The van der Waals surface area contributed by atoms with E-state index in [4.69, 9.17) is 18.9 Å². The molecule has 0 aromatic heterocycles. The molecule has 0 aliphatic carbocycles. The van der Waals surface area contributed by atoms with Crippen molar-refractivity contribution in [2.75, 3.05) is 26.4 Å². The summed E-state index contributed by atoms with van der Waals surface area (Å²) < 4.78 is 20.8. The highest BCUT2D eigenvalue weighted by Gasteiger charge is 2.11. The van der Waals surface area contributed by atoms with Crippen molar-refractivity contribution in [3.05, 3.63) is 25.0 Å². The van der Waals surface area contributed by atoms with Gasteiger partial charge in [0.1, 0.15) is 13.2 Å². The third-order valence-corrected chi connectivity index (χ3v) is 2.08. The van der Waals surface area contributed by atoms with E-state index in [0.29, 0.717) is 25.4 Å². The van der Waals surface area contributed by atoms with Crippen LogP contribution in [0.2, 0.25) is 0 Å². The molecule has 0 saturated carbocycles. The van der Waals surface area contributed by atoms with Gasteiger partial charge >= 0.3 is 5.97 Å². The summed E-state index contributed by atoms with van der Waals surface area (Å²) in [6, 6.07) is 0. The molecular weight excluding hydrogens is 248 g/mol. The largest absolute Gasteiger partial charge is 0.499 e. The molecule has 0 bridgehead atoms. The maximum atomic E-state index is 11.2. The van der Waals surface area contributed by atoms with E-state index in [1.54, 1.807) is 6.92 Å². The maximum absolute atomic E-state index is 11.2. The molecule has 0 aromatic carbocycles. The number of rotatable bonds is 11. The second kappa shape index (κ2) is 10.6. The molecule has 0 fully saturated rings. The Morgan fingerprint density at radius 1 is 1.21 bits per heavy atom. The first kappa shape index (κ1) is 17.7. The second-order valence-electron chi connectivity index (χ2n) is 4.25. The molecule has 110 valence electrons. The molecule has 0 aromatic rings. The fourth-order valence-corrected chi connectivity index (χ4v) is 1.23. The Labute approximate surface area is 115 Å². The molecule has 2 unspecified atom stereocenters. The first-order valence-electron chi connectivity index (χ1n) is 6.25. The number of carbonyl (C=O) groups is 1. The SMILES string of the molecule is C=COCCOCC(C)OC(C)COC(=O)C(=C)C. The predicted molar refractivity (Wildman–Crippen MR) is 72.8 cm³/mol. The van der Waals surface area contributed by atoms with Gasteiger partial charge in [0.05, 0.1) is 31.7 Å². The fraction of sp³-hybridized carbons (Fsp3) is 0.643. The third kappa shape index (κ3) is 10.3. The Morgan fingerprint density at radius 2 is 1.84 bits per heavy atom. The number of carbonyl (C=O) groups excluding carboxylic acids is 1. The predicted octanol–water partition coefficient (Wildman–Crippen LogP) is 2.08. The van der Waals surface area contributed by atoms with Gasteiger partial charge in [-0.2, -0.15) is 0 Å². The average molecular weight is 272 g/mol. The minimum Gasteiger partial charge on any atom is -0.499 e. The van der Waals surface area contributed by atoms with E-state index in [2.05, 4.69) is 13.2 Å². The fourth-order valence-electron chi connectivity index (χ4n) is 1.23. The average Bonchev–Trinajstić information content (AvgIpc) is 2.35. The highest BCUT2D eigenvalue weighted by Crippen LogP contribution is 2.01. The van der Waals surface area contributed by atoms with Crippen molar-refractivity contribution in [1.82, 2.24) is 0 Å². The highest BCUT2D eigenvalue weighted by molar-refractivity contribution is 5.86. The van der Waals surface area contributed by atoms with E-state index in [1.165, 1.54) is 6.26 Å². The summed E-state index contributed by atoms with van der Waals surface area (Å²) >= 11 is 0. The molecular formula is C14H24O5. The first-order valence-corrected chi connectivity index (χ1v) is 6.25. The van der Waals surface area contributed by atoms with Crippen LogP contribution < -0.4 is 0 Å². The van der Waals surface area contributed by atoms with Gasteiger partial charge in [0.2, 0.25) is 0 Å². The Morgan fingerprint density at radius 3 is 2.42 bits per heavy atom. The zero-order chi connectivity index (χ0) is 14.7. The van der Waals surface area contributed by atoms with Gasteiger partial charge in [-0.05, 0) is 20.8 Å². The third-order valence-electron chi connectivity index (χ3n) is 2.08. The van der Waals surface area contributed by atoms with Crippen molar-refractivity contribution < 1.29 is 23.7 Å². The summed E-state index contributed by atoms with van der Waals surface area (Å²) in [5.74, 6) is -0.402. The van der Waals surface area contributed by atoms with Gasteiger partial charge in [-0.15, -0.1) is 0 Å². The molecule has 2 atom stereocenters. The van der Waals surface area contributed by atoms with Gasteiger partial charge in [0.15, 0.2) is 0 Å². The van der Waals surface area contributed by atoms with E-state index >= 15 is 0 Å². The van der Waals surface area contributed by atoms with Gasteiger partial charge in [-0.25, -0.2) is 4.79 Å². The molecule has 0 aliphatic heterocycles. The van der Waals surface area contributed by atoms with Crippen LogP contribution in [0.15, 0.2) is 25.0 Å². The van der Waals surface area contributed by atoms with Crippen molar-refractivity contribution in [2.24, 2.45) is 0 Å². The number of ether oxygens (including phenoxy) is 4. The zero-order valence-corrected chi connectivity index (χ0v) is 12.0. The first-order chi connectivity index (χ1) is 8.97. The molecule has 0 radical (unpaired) electrons. The lowest BCUT2D eigenvalue weighted by Crippen LogP contribution is -2.27. The van der Waals surface area contributed by atoms with E-state index in [0.717, 1.165) is 0 Å². The van der Waals surface area contributed by atoms with Crippen LogP contribution in [-0.2, 0) is 23.7 Å². The van der Waals surface area contributed by atoms with E-state index in [9.17, 15) is 4.79 Å². The van der Waals surface area contributed by atoms with Crippen LogP contribution in [0.4, 0.5) is 0 Å². The summed E-state index contributed by atoms with van der Waals surface area (Å²) in [6.45, 7) is 13.9.